The van der Waals surface area contributed by atoms with E-state index in [0.29, 0.717) is 13.2 Å². The van der Waals surface area contributed by atoms with E-state index in [-0.39, 0.29) is 0 Å². The van der Waals surface area contributed by atoms with E-state index < -0.39 is 29.9 Å². The van der Waals surface area contributed by atoms with Gasteiger partial charge in [-0.3, -0.25) is 0 Å². The van der Waals surface area contributed by atoms with E-state index in [1.54, 1.807) is 13.8 Å². The molecule has 1 fully saturated rings. The van der Waals surface area contributed by atoms with Crippen molar-refractivity contribution in [3.63, 3.8) is 0 Å². The number of esters is 2. The average Bonchev–Trinajstić information content (AvgIpc) is 2.75. The van der Waals surface area contributed by atoms with Crippen molar-refractivity contribution in [2.45, 2.75) is 71.4 Å². The second-order valence-electron chi connectivity index (χ2n) is 5.52. The summed E-state index contributed by atoms with van der Waals surface area (Å²) < 4.78 is 21.2. The highest BCUT2D eigenvalue weighted by molar-refractivity contribution is 5.86. The maximum absolute atomic E-state index is 12.0. The normalized spacial score (nSPS) is 23.8. The van der Waals surface area contributed by atoms with Crippen molar-refractivity contribution in [2.75, 3.05) is 13.2 Å². The topological polar surface area (TPSA) is 71.1 Å². The molecule has 1 heterocycles. The van der Waals surface area contributed by atoms with Gasteiger partial charge < -0.3 is 18.9 Å². The lowest BCUT2D eigenvalue weighted by atomic mass is 10.2. The number of hydrogen-bond donors (Lipinski definition) is 0. The number of ether oxygens (including phenoxy) is 4. The molecule has 1 rings (SSSR count). The monoisotopic (exact) mass is 302 g/mol. The van der Waals surface area contributed by atoms with Gasteiger partial charge in [0, 0.05) is 0 Å². The first-order chi connectivity index (χ1) is 9.91. The Morgan fingerprint density at radius 2 is 1.29 bits per heavy atom. The highest BCUT2D eigenvalue weighted by Gasteiger charge is 2.50. The van der Waals surface area contributed by atoms with Crippen LogP contribution in [0, 0.1) is 0 Å². The van der Waals surface area contributed by atoms with Crippen LogP contribution in [0.25, 0.3) is 0 Å². The minimum Gasteiger partial charge on any atom is -0.464 e. The van der Waals surface area contributed by atoms with Crippen molar-refractivity contribution < 1.29 is 28.5 Å². The van der Waals surface area contributed by atoms with Gasteiger partial charge in [-0.2, -0.15) is 0 Å². The molecule has 1 aliphatic rings. The van der Waals surface area contributed by atoms with Crippen LogP contribution in [-0.4, -0.2) is 43.1 Å². The van der Waals surface area contributed by atoms with E-state index in [1.165, 1.54) is 0 Å². The Balaban J connectivity index is 2.61. The second kappa shape index (κ2) is 8.34. The fourth-order valence-electron chi connectivity index (χ4n) is 1.90. The summed E-state index contributed by atoms with van der Waals surface area (Å²) in [6.45, 7) is 7.93. The second-order valence-corrected chi connectivity index (χ2v) is 5.52. The van der Waals surface area contributed by atoms with Crippen LogP contribution < -0.4 is 0 Å². The van der Waals surface area contributed by atoms with Crippen LogP contribution in [0.1, 0.15) is 53.4 Å². The van der Waals surface area contributed by atoms with Crippen LogP contribution in [0.15, 0.2) is 0 Å². The van der Waals surface area contributed by atoms with Crippen molar-refractivity contribution in [2.24, 2.45) is 0 Å². The summed E-state index contributed by atoms with van der Waals surface area (Å²) in [6, 6.07) is 0. The number of unbranched alkanes of at least 4 members (excludes halogenated alkanes) is 2. The molecule has 2 atom stereocenters. The Kier molecular flexibility index (Phi) is 7.11. The summed E-state index contributed by atoms with van der Waals surface area (Å²) in [7, 11) is 0. The van der Waals surface area contributed by atoms with E-state index in [2.05, 4.69) is 0 Å². The van der Waals surface area contributed by atoms with Gasteiger partial charge in [0.05, 0.1) is 13.2 Å². The number of carbonyl (C=O) groups excluding carboxylic acids is 2. The molecular weight excluding hydrogens is 276 g/mol. The lowest BCUT2D eigenvalue weighted by Gasteiger charge is -2.16. The van der Waals surface area contributed by atoms with Crippen molar-refractivity contribution in [1.82, 2.24) is 0 Å². The molecule has 0 spiro atoms. The summed E-state index contributed by atoms with van der Waals surface area (Å²) in [5.74, 6) is -2.17. The van der Waals surface area contributed by atoms with Gasteiger partial charge in [-0.05, 0) is 26.7 Å². The Hall–Kier alpha value is -1.14. The predicted octanol–water partition coefficient (Wildman–Crippen LogP) is 2.19. The molecule has 122 valence electrons. The third kappa shape index (κ3) is 5.63. The summed E-state index contributed by atoms with van der Waals surface area (Å²) >= 11 is 0. The molecule has 2 unspecified atom stereocenters. The minimum absolute atomic E-state index is 0.313. The Labute approximate surface area is 126 Å². The van der Waals surface area contributed by atoms with Gasteiger partial charge in [0.15, 0.2) is 18.0 Å². The number of rotatable bonds is 8. The zero-order chi connectivity index (χ0) is 15.9. The first-order valence-electron chi connectivity index (χ1n) is 7.60. The van der Waals surface area contributed by atoms with Gasteiger partial charge in [-0.25, -0.2) is 9.59 Å². The van der Waals surface area contributed by atoms with Crippen molar-refractivity contribution in [3.8, 4) is 0 Å². The van der Waals surface area contributed by atoms with Crippen LogP contribution >= 0.6 is 0 Å². The van der Waals surface area contributed by atoms with Gasteiger partial charge in [0.2, 0.25) is 0 Å². The van der Waals surface area contributed by atoms with E-state index in [1.807, 2.05) is 13.8 Å². The fourth-order valence-corrected chi connectivity index (χ4v) is 1.90. The number of hydrogen-bond acceptors (Lipinski definition) is 6. The van der Waals surface area contributed by atoms with Gasteiger partial charge in [-0.1, -0.05) is 26.7 Å². The molecule has 1 saturated heterocycles. The lowest BCUT2D eigenvalue weighted by molar-refractivity contribution is -0.173. The SMILES string of the molecule is CCCCOC(=O)C1OC(C)(C)OC1C(=O)OCCCC. The molecule has 0 saturated carbocycles. The first kappa shape index (κ1) is 17.9. The molecule has 6 nitrogen and oxygen atoms in total. The highest BCUT2D eigenvalue weighted by atomic mass is 16.8. The van der Waals surface area contributed by atoms with Crippen LogP contribution in [0.5, 0.6) is 0 Å². The highest BCUT2D eigenvalue weighted by Crippen LogP contribution is 2.29. The summed E-state index contributed by atoms with van der Waals surface area (Å²) in [4.78, 5) is 24.0. The quantitative estimate of drug-likeness (QED) is 0.505. The molecule has 0 N–H and O–H groups in total. The molecule has 0 bridgehead atoms. The molecule has 0 amide bonds. The van der Waals surface area contributed by atoms with Crippen LogP contribution in [0.3, 0.4) is 0 Å². The molecule has 6 heteroatoms. The largest absolute Gasteiger partial charge is 0.464 e. The molecule has 1 aliphatic heterocycles. The van der Waals surface area contributed by atoms with E-state index >= 15 is 0 Å². The van der Waals surface area contributed by atoms with E-state index in [4.69, 9.17) is 18.9 Å². The smallest absolute Gasteiger partial charge is 0.338 e. The summed E-state index contributed by atoms with van der Waals surface area (Å²) in [5.41, 5.74) is 0. The fraction of sp³-hybridized carbons (Fsp3) is 0.867. The van der Waals surface area contributed by atoms with Crippen molar-refractivity contribution in [1.29, 1.82) is 0 Å². The Morgan fingerprint density at radius 1 is 0.905 bits per heavy atom. The maximum atomic E-state index is 12.0. The number of carbonyl (C=O) groups is 2. The van der Waals surface area contributed by atoms with Gasteiger partial charge in [-0.15, -0.1) is 0 Å². The third-order valence-electron chi connectivity index (χ3n) is 3.05. The van der Waals surface area contributed by atoms with E-state index in [0.717, 1.165) is 25.7 Å². The molecular formula is C15H26O6. The van der Waals surface area contributed by atoms with Gasteiger partial charge >= 0.3 is 11.9 Å². The zero-order valence-electron chi connectivity index (χ0n) is 13.3. The molecule has 0 aliphatic carbocycles. The van der Waals surface area contributed by atoms with Crippen LogP contribution in [-0.2, 0) is 28.5 Å². The predicted molar refractivity (Wildman–Crippen MR) is 75.6 cm³/mol. The summed E-state index contributed by atoms with van der Waals surface area (Å²) in [5, 5.41) is 0. The molecule has 0 aromatic heterocycles. The summed E-state index contributed by atoms with van der Waals surface area (Å²) in [6.07, 6.45) is 1.26. The molecule has 21 heavy (non-hydrogen) atoms. The van der Waals surface area contributed by atoms with Crippen LogP contribution in [0.2, 0.25) is 0 Å². The molecule has 0 radical (unpaired) electrons. The van der Waals surface area contributed by atoms with Gasteiger partial charge in [0.1, 0.15) is 0 Å². The standard InChI is InChI=1S/C15H26O6/c1-5-7-9-18-13(16)11-12(21-15(3,4)20-11)14(17)19-10-8-6-2/h11-12H,5-10H2,1-4H3. The molecule has 0 aromatic carbocycles. The van der Waals surface area contributed by atoms with E-state index in [9.17, 15) is 9.59 Å². The molecule has 0 aromatic rings. The van der Waals surface area contributed by atoms with Crippen molar-refractivity contribution >= 4 is 11.9 Å². The van der Waals surface area contributed by atoms with Crippen molar-refractivity contribution in [3.05, 3.63) is 0 Å². The lowest BCUT2D eigenvalue weighted by Crippen LogP contribution is -2.39. The third-order valence-corrected chi connectivity index (χ3v) is 3.05. The Morgan fingerprint density at radius 3 is 1.62 bits per heavy atom. The average molecular weight is 302 g/mol. The zero-order valence-corrected chi connectivity index (χ0v) is 13.3. The maximum Gasteiger partial charge on any atom is 0.338 e. The Bertz CT molecular complexity index is 320. The minimum atomic E-state index is -1.06. The van der Waals surface area contributed by atoms with Crippen LogP contribution in [0.4, 0.5) is 0 Å². The van der Waals surface area contributed by atoms with Gasteiger partial charge in [0.25, 0.3) is 0 Å². The first-order valence-corrected chi connectivity index (χ1v) is 7.60.